The lowest BCUT2D eigenvalue weighted by atomic mass is 9.95. The molecule has 4 rings (SSSR count). The van der Waals surface area contributed by atoms with Crippen LogP contribution in [0.5, 0.6) is 0 Å². The van der Waals surface area contributed by atoms with Crippen molar-refractivity contribution in [3.8, 4) is 0 Å². The minimum Gasteiger partial charge on any atom is -0.481 e. The van der Waals surface area contributed by atoms with Gasteiger partial charge in [0.25, 0.3) is 0 Å². The van der Waals surface area contributed by atoms with E-state index in [1.807, 2.05) is 30.3 Å². The summed E-state index contributed by atoms with van der Waals surface area (Å²) in [5.74, 6) is -0.0229. The molecule has 0 radical (unpaired) electrons. The highest BCUT2D eigenvalue weighted by molar-refractivity contribution is 5.85. The molecule has 1 aromatic heterocycles. The Balaban J connectivity index is 0.00000324. The van der Waals surface area contributed by atoms with Crippen LogP contribution in [0.1, 0.15) is 55.0 Å². The number of anilines is 1. The molecule has 184 valence electrons. The number of halogens is 1. The van der Waals surface area contributed by atoms with Crippen molar-refractivity contribution in [2.45, 2.75) is 51.0 Å². The van der Waals surface area contributed by atoms with E-state index in [-0.39, 0.29) is 30.7 Å². The number of hydrogen-bond donors (Lipinski definition) is 3. The van der Waals surface area contributed by atoms with Crippen molar-refractivity contribution < 1.29 is 14.7 Å². The molecule has 0 spiro atoms. The van der Waals surface area contributed by atoms with Crippen molar-refractivity contribution in [3.63, 3.8) is 0 Å². The largest absolute Gasteiger partial charge is 0.481 e. The van der Waals surface area contributed by atoms with Crippen LogP contribution in [0.3, 0.4) is 0 Å². The number of nitrogens with one attached hydrogen (secondary N) is 2. The standard InChI is InChI=1S/C26H34N4O3.ClH/c31-24(32)17-23(19-7-2-1-3-8-19)29-26(33)21-10-5-15-30(18-21)16-6-11-22-13-12-20-9-4-14-27-25(20)28-22;/h1-3,7-8,12-13,21,23H,4-6,9-11,14-18H2,(H,27,28)(H,29,33)(H,31,32);1H. The molecule has 2 aliphatic heterocycles. The zero-order chi connectivity index (χ0) is 23.0. The molecule has 1 amide bonds. The molecule has 1 saturated heterocycles. The second kappa shape index (κ2) is 12.7. The highest BCUT2D eigenvalue weighted by Gasteiger charge is 2.28. The first-order valence-electron chi connectivity index (χ1n) is 12.1. The number of amides is 1. The fraction of sp³-hybridized carbons (Fsp3) is 0.500. The molecule has 0 saturated carbocycles. The first-order valence-corrected chi connectivity index (χ1v) is 12.1. The van der Waals surface area contributed by atoms with Crippen molar-refractivity contribution in [1.29, 1.82) is 0 Å². The number of hydrogen-bond acceptors (Lipinski definition) is 5. The number of fused-ring (bicyclic) bond motifs is 1. The first-order chi connectivity index (χ1) is 16.1. The Bertz CT molecular complexity index is 956. The van der Waals surface area contributed by atoms with Crippen LogP contribution in [0, 0.1) is 5.92 Å². The van der Waals surface area contributed by atoms with Crippen molar-refractivity contribution in [2.75, 3.05) is 31.5 Å². The van der Waals surface area contributed by atoms with Gasteiger partial charge in [0.2, 0.25) is 5.91 Å². The van der Waals surface area contributed by atoms with E-state index in [0.717, 1.165) is 75.4 Å². The molecular formula is C26H35ClN4O3. The van der Waals surface area contributed by atoms with Gasteiger partial charge in [-0.1, -0.05) is 36.4 Å². The van der Waals surface area contributed by atoms with Gasteiger partial charge in [0.05, 0.1) is 18.4 Å². The topological polar surface area (TPSA) is 94.6 Å². The van der Waals surface area contributed by atoms with E-state index in [4.69, 9.17) is 4.98 Å². The van der Waals surface area contributed by atoms with Crippen molar-refractivity contribution >= 4 is 30.1 Å². The molecule has 2 unspecified atom stereocenters. The summed E-state index contributed by atoms with van der Waals surface area (Å²) >= 11 is 0. The minimum absolute atomic E-state index is 0. The number of aromatic nitrogens is 1. The normalized spacial score (nSPS) is 18.6. The third kappa shape index (κ3) is 7.18. The van der Waals surface area contributed by atoms with Crippen molar-refractivity contribution in [1.82, 2.24) is 15.2 Å². The maximum absolute atomic E-state index is 13.0. The second-order valence-corrected chi connectivity index (χ2v) is 9.15. The fourth-order valence-corrected chi connectivity index (χ4v) is 4.87. The summed E-state index contributed by atoms with van der Waals surface area (Å²) in [6.45, 7) is 3.66. The third-order valence-electron chi connectivity index (χ3n) is 6.63. The van der Waals surface area contributed by atoms with Crippen LogP contribution in [0.2, 0.25) is 0 Å². The molecule has 2 aromatic rings. The van der Waals surface area contributed by atoms with Crippen LogP contribution >= 0.6 is 12.4 Å². The van der Waals surface area contributed by atoms with E-state index >= 15 is 0 Å². The lowest BCUT2D eigenvalue weighted by Gasteiger charge is -2.33. The van der Waals surface area contributed by atoms with Gasteiger partial charge in [-0.25, -0.2) is 4.98 Å². The minimum atomic E-state index is -0.916. The predicted molar refractivity (Wildman–Crippen MR) is 135 cm³/mol. The number of carboxylic acid groups (broad SMARTS) is 1. The highest BCUT2D eigenvalue weighted by Crippen LogP contribution is 2.23. The monoisotopic (exact) mass is 486 g/mol. The van der Waals surface area contributed by atoms with Crippen LogP contribution in [-0.4, -0.2) is 53.0 Å². The summed E-state index contributed by atoms with van der Waals surface area (Å²) < 4.78 is 0. The summed E-state index contributed by atoms with van der Waals surface area (Å²) in [7, 11) is 0. The van der Waals surface area contributed by atoms with E-state index in [9.17, 15) is 14.7 Å². The number of carbonyl (C=O) groups is 2. The van der Waals surface area contributed by atoms with E-state index in [0.29, 0.717) is 0 Å². The highest BCUT2D eigenvalue weighted by atomic mass is 35.5. The summed E-state index contributed by atoms with van der Waals surface area (Å²) in [5, 5.41) is 15.7. The number of rotatable bonds is 9. The van der Waals surface area contributed by atoms with Crippen LogP contribution in [0.25, 0.3) is 0 Å². The quantitative estimate of drug-likeness (QED) is 0.498. The number of carbonyl (C=O) groups excluding carboxylic acids is 1. The lowest BCUT2D eigenvalue weighted by molar-refractivity contribution is -0.138. The van der Waals surface area contributed by atoms with Gasteiger partial charge in [0.1, 0.15) is 5.82 Å². The zero-order valence-corrected chi connectivity index (χ0v) is 20.4. The molecule has 0 aliphatic carbocycles. The Hall–Kier alpha value is -2.64. The molecule has 3 heterocycles. The second-order valence-electron chi connectivity index (χ2n) is 9.15. The van der Waals surface area contributed by atoms with E-state index in [2.05, 4.69) is 27.7 Å². The summed E-state index contributed by atoms with van der Waals surface area (Å²) in [6, 6.07) is 13.2. The smallest absolute Gasteiger partial charge is 0.305 e. The maximum atomic E-state index is 13.0. The molecule has 2 atom stereocenters. The van der Waals surface area contributed by atoms with Gasteiger partial charge in [0, 0.05) is 18.8 Å². The summed E-state index contributed by atoms with van der Waals surface area (Å²) in [6.07, 6.45) is 5.91. The average molecular weight is 487 g/mol. The Kier molecular flexibility index (Phi) is 9.72. The zero-order valence-electron chi connectivity index (χ0n) is 19.5. The van der Waals surface area contributed by atoms with Crippen LogP contribution in [0.15, 0.2) is 42.5 Å². The van der Waals surface area contributed by atoms with Gasteiger partial charge in [-0.3, -0.25) is 9.59 Å². The molecule has 34 heavy (non-hydrogen) atoms. The molecular weight excluding hydrogens is 452 g/mol. The SMILES string of the molecule is Cl.O=C(O)CC(NC(=O)C1CCCN(CCCc2ccc3c(n2)NCCC3)C1)c1ccccc1. The number of nitrogens with zero attached hydrogens (tertiary/aromatic N) is 2. The summed E-state index contributed by atoms with van der Waals surface area (Å²) in [4.78, 5) is 31.5. The Morgan fingerprint density at radius 1 is 1.18 bits per heavy atom. The Labute approximate surface area is 207 Å². The van der Waals surface area contributed by atoms with Crippen molar-refractivity contribution in [2.24, 2.45) is 5.92 Å². The predicted octanol–water partition coefficient (Wildman–Crippen LogP) is 3.84. The summed E-state index contributed by atoms with van der Waals surface area (Å²) in [5.41, 5.74) is 3.26. The van der Waals surface area contributed by atoms with Gasteiger partial charge in [-0.05, 0) is 68.8 Å². The number of piperidine rings is 1. The third-order valence-corrected chi connectivity index (χ3v) is 6.63. The van der Waals surface area contributed by atoms with E-state index < -0.39 is 12.0 Å². The molecule has 7 nitrogen and oxygen atoms in total. The molecule has 1 fully saturated rings. The molecule has 0 bridgehead atoms. The number of carboxylic acids is 1. The number of pyridine rings is 1. The van der Waals surface area contributed by atoms with Crippen LogP contribution in [0.4, 0.5) is 5.82 Å². The van der Waals surface area contributed by atoms with E-state index in [1.54, 1.807) is 0 Å². The number of likely N-dealkylation sites (tertiary alicyclic amines) is 1. The molecule has 3 N–H and O–H groups in total. The van der Waals surface area contributed by atoms with Gasteiger partial charge in [-0.2, -0.15) is 0 Å². The fourth-order valence-electron chi connectivity index (χ4n) is 4.87. The number of benzene rings is 1. The number of aliphatic carboxylic acids is 1. The van der Waals surface area contributed by atoms with Gasteiger partial charge < -0.3 is 20.6 Å². The number of aryl methyl sites for hydroxylation is 2. The molecule has 8 heteroatoms. The molecule has 1 aromatic carbocycles. The average Bonchev–Trinajstić information content (AvgIpc) is 2.84. The molecule has 2 aliphatic rings. The van der Waals surface area contributed by atoms with Gasteiger partial charge in [0.15, 0.2) is 0 Å². The Morgan fingerprint density at radius 2 is 2.00 bits per heavy atom. The van der Waals surface area contributed by atoms with Gasteiger partial charge >= 0.3 is 5.97 Å². The first kappa shape index (κ1) is 26.0. The lowest BCUT2D eigenvalue weighted by Crippen LogP contribution is -2.44. The Morgan fingerprint density at radius 3 is 2.79 bits per heavy atom. The maximum Gasteiger partial charge on any atom is 0.305 e. The van der Waals surface area contributed by atoms with E-state index in [1.165, 1.54) is 12.0 Å². The van der Waals surface area contributed by atoms with Crippen LogP contribution in [-0.2, 0) is 22.4 Å². The van der Waals surface area contributed by atoms with Crippen LogP contribution < -0.4 is 10.6 Å². The van der Waals surface area contributed by atoms with Crippen molar-refractivity contribution in [3.05, 3.63) is 59.3 Å². The van der Waals surface area contributed by atoms with Gasteiger partial charge in [-0.15, -0.1) is 12.4 Å².